The van der Waals surface area contributed by atoms with E-state index in [9.17, 15) is 4.79 Å². The third-order valence-electron chi connectivity index (χ3n) is 2.79. The van der Waals surface area contributed by atoms with Gasteiger partial charge < -0.3 is 10.6 Å². The van der Waals surface area contributed by atoms with Crippen molar-refractivity contribution in [1.82, 2.24) is 10.6 Å². The van der Waals surface area contributed by atoms with Crippen molar-refractivity contribution >= 4 is 5.91 Å². The van der Waals surface area contributed by atoms with Gasteiger partial charge in [0.15, 0.2) is 0 Å². The molecule has 3 heteroatoms. The lowest BCUT2D eigenvalue weighted by molar-refractivity contribution is -0.127. The van der Waals surface area contributed by atoms with E-state index in [1.807, 2.05) is 6.92 Å². The number of amides is 1. The van der Waals surface area contributed by atoms with Gasteiger partial charge in [0.25, 0.3) is 0 Å². The van der Waals surface area contributed by atoms with Crippen LogP contribution in [0.4, 0.5) is 0 Å². The fourth-order valence-electron chi connectivity index (χ4n) is 2.30. The van der Waals surface area contributed by atoms with E-state index >= 15 is 0 Å². The maximum atomic E-state index is 11.9. The minimum atomic E-state index is -0.274. The Labute approximate surface area is 86.6 Å². The monoisotopic (exact) mass is 198 g/mol. The summed E-state index contributed by atoms with van der Waals surface area (Å²) in [6.07, 6.45) is 4.29. The molecule has 0 unspecified atom stereocenters. The molecule has 0 radical (unpaired) electrons. The van der Waals surface area contributed by atoms with Crippen molar-refractivity contribution in [2.24, 2.45) is 0 Å². The molecule has 0 aromatic carbocycles. The minimum absolute atomic E-state index is 0.186. The summed E-state index contributed by atoms with van der Waals surface area (Å²) in [6.45, 7) is 6.88. The van der Waals surface area contributed by atoms with E-state index in [0.29, 0.717) is 6.04 Å². The highest BCUT2D eigenvalue weighted by molar-refractivity contribution is 5.86. The molecule has 1 amide bonds. The smallest absolute Gasteiger partial charge is 0.240 e. The van der Waals surface area contributed by atoms with Gasteiger partial charge in [-0.3, -0.25) is 4.79 Å². The molecule has 3 nitrogen and oxygen atoms in total. The van der Waals surface area contributed by atoms with Crippen LogP contribution in [0.15, 0.2) is 0 Å². The number of carbonyl (C=O) groups is 1. The lowest BCUT2D eigenvalue weighted by Crippen LogP contribution is -2.57. The van der Waals surface area contributed by atoms with Crippen molar-refractivity contribution in [2.75, 3.05) is 6.54 Å². The van der Waals surface area contributed by atoms with E-state index in [0.717, 1.165) is 32.2 Å². The van der Waals surface area contributed by atoms with Crippen LogP contribution in [0.2, 0.25) is 0 Å². The molecular weight excluding hydrogens is 176 g/mol. The van der Waals surface area contributed by atoms with E-state index in [1.54, 1.807) is 0 Å². The Morgan fingerprint density at radius 1 is 1.36 bits per heavy atom. The zero-order chi connectivity index (χ0) is 10.6. The molecule has 1 fully saturated rings. The van der Waals surface area contributed by atoms with Crippen molar-refractivity contribution in [3.63, 3.8) is 0 Å². The van der Waals surface area contributed by atoms with Gasteiger partial charge in [-0.15, -0.1) is 0 Å². The largest absolute Gasteiger partial charge is 0.355 e. The van der Waals surface area contributed by atoms with Crippen LogP contribution in [0, 0.1) is 0 Å². The quantitative estimate of drug-likeness (QED) is 0.717. The van der Waals surface area contributed by atoms with Crippen molar-refractivity contribution in [3.8, 4) is 0 Å². The predicted molar refractivity (Wildman–Crippen MR) is 58.2 cm³/mol. The number of likely N-dealkylation sites (N-methyl/N-ethyl adjacent to an activating group) is 1. The fourth-order valence-corrected chi connectivity index (χ4v) is 2.30. The minimum Gasteiger partial charge on any atom is -0.355 e. The second-order valence-corrected chi connectivity index (χ2v) is 4.45. The molecule has 1 aliphatic carbocycles. The Hall–Kier alpha value is -0.570. The second-order valence-electron chi connectivity index (χ2n) is 4.45. The summed E-state index contributed by atoms with van der Waals surface area (Å²) < 4.78 is 0. The Kier molecular flexibility index (Phi) is 3.93. The van der Waals surface area contributed by atoms with Crippen LogP contribution in [0.5, 0.6) is 0 Å². The molecule has 0 heterocycles. The fraction of sp³-hybridized carbons (Fsp3) is 0.909. The van der Waals surface area contributed by atoms with Crippen molar-refractivity contribution in [3.05, 3.63) is 0 Å². The highest BCUT2D eigenvalue weighted by atomic mass is 16.2. The lowest BCUT2D eigenvalue weighted by atomic mass is 9.95. The molecule has 2 N–H and O–H groups in total. The summed E-state index contributed by atoms with van der Waals surface area (Å²) in [5, 5.41) is 6.36. The Morgan fingerprint density at radius 3 is 2.36 bits per heavy atom. The van der Waals surface area contributed by atoms with E-state index in [-0.39, 0.29) is 11.4 Å². The zero-order valence-corrected chi connectivity index (χ0v) is 9.52. The molecule has 82 valence electrons. The summed E-state index contributed by atoms with van der Waals surface area (Å²) >= 11 is 0. The van der Waals surface area contributed by atoms with Gasteiger partial charge in [-0.25, -0.2) is 0 Å². The maximum absolute atomic E-state index is 11.9. The molecular formula is C11H22N2O. The molecule has 0 spiro atoms. The van der Waals surface area contributed by atoms with Gasteiger partial charge in [0, 0.05) is 12.6 Å². The van der Waals surface area contributed by atoms with E-state index < -0.39 is 0 Å². The molecule has 0 aromatic rings. The first kappa shape index (κ1) is 11.5. The molecule has 0 bridgehead atoms. The molecule has 0 atom stereocenters. The first-order chi connectivity index (χ1) is 6.60. The summed E-state index contributed by atoms with van der Waals surface area (Å²) in [5.74, 6) is 0.186. The number of carbonyl (C=O) groups excluding carboxylic acids is 1. The molecule has 14 heavy (non-hydrogen) atoms. The summed E-state index contributed by atoms with van der Waals surface area (Å²) in [5.41, 5.74) is -0.274. The average molecular weight is 198 g/mol. The van der Waals surface area contributed by atoms with Crippen LogP contribution in [0.25, 0.3) is 0 Å². The zero-order valence-electron chi connectivity index (χ0n) is 9.52. The van der Waals surface area contributed by atoms with Crippen LogP contribution in [-0.2, 0) is 4.79 Å². The Morgan fingerprint density at radius 2 is 1.93 bits per heavy atom. The van der Waals surface area contributed by atoms with Gasteiger partial charge in [-0.2, -0.15) is 0 Å². The van der Waals surface area contributed by atoms with Crippen LogP contribution >= 0.6 is 0 Å². The van der Waals surface area contributed by atoms with E-state index in [4.69, 9.17) is 0 Å². The Bertz CT molecular complexity index is 195. The predicted octanol–water partition coefficient (Wildman–Crippen LogP) is 1.43. The molecule has 0 aromatic heterocycles. The third kappa shape index (κ3) is 2.47. The van der Waals surface area contributed by atoms with Crippen LogP contribution in [-0.4, -0.2) is 24.0 Å². The van der Waals surface area contributed by atoms with Gasteiger partial charge in [-0.05, 0) is 33.6 Å². The second kappa shape index (κ2) is 4.78. The normalized spacial score (nSPS) is 20.0. The Balaban J connectivity index is 2.65. The van der Waals surface area contributed by atoms with Crippen LogP contribution in [0.3, 0.4) is 0 Å². The molecule has 0 saturated heterocycles. The third-order valence-corrected chi connectivity index (χ3v) is 2.79. The number of rotatable bonds is 4. The van der Waals surface area contributed by atoms with E-state index in [2.05, 4.69) is 24.5 Å². The topological polar surface area (TPSA) is 41.1 Å². The molecule has 1 aliphatic rings. The van der Waals surface area contributed by atoms with Crippen molar-refractivity contribution < 1.29 is 4.79 Å². The molecule has 1 saturated carbocycles. The summed E-state index contributed by atoms with van der Waals surface area (Å²) in [7, 11) is 0. The van der Waals surface area contributed by atoms with E-state index in [1.165, 1.54) is 0 Å². The SMILES string of the molecule is CCNC(=O)C1(NC(C)C)CCCC1. The van der Waals surface area contributed by atoms with Gasteiger partial charge in [0.1, 0.15) is 0 Å². The highest BCUT2D eigenvalue weighted by Gasteiger charge is 2.40. The van der Waals surface area contributed by atoms with Crippen LogP contribution in [0.1, 0.15) is 46.5 Å². The highest BCUT2D eigenvalue weighted by Crippen LogP contribution is 2.30. The number of nitrogens with one attached hydrogen (secondary N) is 2. The van der Waals surface area contributed by atoms with Gasteiger partial charge in [0.2, 0.25) is 5.91 Å². The van der Waals surface area contributed by atoms with Crippen LogP contribution < -0.4 is 10.6 Å². The maximum Gasteiger partial charge on any atom is 0.240 e. The number of hydrogen-bond donors (Lipinski definition) is 2. The standard InChI is InChI=1S/C11H22N2O/c1-4-12-10(14)11(13-9(2)3)7-5-6-8-11/h9,13H,4-8H2,1-3H3,(H,12,14). The first-order valence-electron chi connectivity index (χ1n) is 5.67. The van der Waals surface area contributed by atoms with Crippen molar-refractivity contribution in [2.45, 2.75) is 58.0 Å². The summed E-state index contributed by atoms with van der Waals surface area (Å²) in [6, 6.07) is 0.371. The lowest BCUT2D eigenvalue weighted by Gasteiger charge is -2.31. The number of hydrogen-bond acceptors (Lipinski definition) is 2. The first-order valence-corrected chi connectivity index (χ1v) is 5.67. The molecule has 0 aliphatic heterocycles. The van der Waals surface area contributed by atoms with Gasteiger partial charge in [0.05, 0.1) is 5.54 Å². The van der Waals surface area contributed by atoms with Gasteiger partial charge in [-0.1, -0.05) is 12.8 Å². The average Bonchev–Trinajstić information content (AvgIpc) is 2.53. The molecule has 1 rings (SSSR count). The summed E-state index contributed by atoms with van der Waals surface area (Å²) in [4.78, 5) is 11.9. The van der Waals surface area contributed by atoms with Gasteiger partial charge >= 0.3 is 0 Å². The van der Waals surface area contributed by atoms with Crippen molar-refractivity contribution in [1.29, 1.82) is 0 Å².